The van der Waals surface area contributed by atoms with E-state index in [1.54, 1.807) is 25.1 Å². The second kappa shape index (κ2) is 8.53. The standard InChI is InChI=1S/C20H25NO4/c1-5-15-10-11-17(14(3)12-15)25-13-16-8-7-9-18(24-4)20(16)21(23)19(22)6-2/h7-12,23H,5-6,13H2,1-4H3. The number of hydrogen-bond acceptors (Lipinski definition) is 4. The molecule has 1 amide bonds. The van der Waals surface area contributed by atoms with Crippen LogP contribution < -0.4 is 14.5 Å². The van der Waals surface area contributed by atoms with Crippen LogP contribution in [0.5, 0.6) is 11.5 Å². The first-order valence-electron chi connectivity index (χ1n) is 8.41. The van der Waals surface area contributed by atoms with Crippen molar-refractivity contribution in [2.75, 3.05) is 12.2 Å². The van der Waals surface area contributed by atoms with Crippen molar-refractivity contribution in [1.29, 1.82) is 0 Å². The smallest absolute Gasteiger partial charge is 0.250 e. The predicted molar refractivity (Wildman–Crippen MR) is 97.4 cm³/mol. The van der Waals surface area contributed by atoms with E-state index in [9.17, 15) is 10.0 Å². The molecule has 0 spiro atoms. The zero-order valence-electron chi connectivity index (χ0n) is 15.2. The van der Waals surface area contributed by atoms with Crippen molar-refractivity contribution in [1.82, 2.24) is 0 Å². The number of benzene rings is 2. The Morgan fingerprint density at radius 2 is 1.92 bits per heavy atom. The van der Waals surface area contributed by atoms with E-state index in [2.05, 4.69) is 13.0 Å². The van der Waals surface area contributed by atoms with Gasteiger partial charge in [-0.1, -0.05) is 38.1 Å². The first-order chi connectivity index (χ1) is 12.0. The summed E-state index contributed by atoms with van der Waals surface area (Å²) in [6.07, 6.45) is 1.16. The molecule has 25 heavy (non-hydrogen) atoms. The number of ether oxygens (including phenoxy) is 2. The Hall–Kier alpha value is -2.53. The van der Waals surface area contributed by atoms with E-state index in [-0.39, 0.29) is 13.0 Å². The Morgan fingerprint density at radius 1 is 1.16 bits per heavy atom. The minimum Gasteiger partial charge on any atom is -0.494 e. The molecule has 0 aliphatic rings. The van der Waals surface area contributed by atoms with Crippen LogP contribution in [0.3, 0.4) is 0 Å². The molecule has 134 valence electrons. The van der Waals surface area contributed by atoms with Gasteiger partial charge in [-0.05, 0) is 36.6 Å². The number of carbonyl (C=O) groups excluding carboxylic acids is 1. The minimum atomic E-state index is -0.408. The van der Waals surface area contributed by atoms with Gasteiger partial charge in [-0.3, -0.25) is 10.0 Å². The molecule has 5 nitrogen and oxygen atoms in total. The topological polar surface area (TPSA) is 59.0 Å². The molecule has 0 bridgehead atoms. The van der Waals surface area contributed by atoms with Crippen LogP contribution in [0.15, 0.2) is 36.4 Å². The Labute approximate surface area is 148 Å². The first kappa shape index (κ1) is 18.8. The summed E-state index contributed by atoms with van der Waals surface area (Å²) in [6.45, 7) is 6.01. The highest BCUT2D eigenvalue weighted by molar-refractivity contribution is 5.93. The van der Waals surface area contributed by atoms with Crippen molar-refractivity contribution in [2.24, 2.45) is 0 Å². The van der Waals surface area contributed by atoms with E-state index in [4.69, 9.17) is 9.47 Å². The molecule has 0 aromatic heterocycles. The molecule has 1 N–H and O–H groups in total. The average molecular weight is 343 g/mol. The molecule has 0 atom stereocenters. The van der Waals surface area contributed by atoms with Gasteiger partial charge in [-0.2, -0.15) is 5.06 Å². The lowest BCUT2D eigenvalue weighted by Crippen LogP contribution is -2.27. The summed E-state index contributed by atoms with van der Waals surface area (Å²) >= 11 is 0. The van der Waals surface area contributed by atoms with Crippen molar-refractivity contribution in [3.8, 4) is 11.5 Å². The normalized spacial score (nSPS) is 10.4. The van der Waals surface area contributed by atoms with E-state index in [1.807, 2.05) is 19.1 Å². The van der Waals surface area contributed by atoms with Gasteiger partial charge in [-0.25, -0.2) is 0 Å². The molecule has 0 fully saturated rings. The molecule has 0 saturated heterocycles. The summed E-state index contributed by atoms with van der Waals surface area (Å²) in [5, 5.41) is 10.9. The molecular weight excluding hydrogens is 318 g/mol. The summed E-state index contributed by atoms with van der Waals surface area (Å²) in [6, 6.07) is 11.4. The lowest BCUT2D eigenvalue weighted by Gasteiger charge is -2.21. The lowest BCUT2D eigenvalue weighted by atomic mass is 10.1. The number of hydroxylamine groups is 1. The van der Waals surface area contributed by atoms with Crippen LogP contribution >= 0.6 is 0 Å². The number of carbonyl (C=O) groups is 1. The first-order valence-corrected chi connectivity index (χ1v) is 8.41. The van der Waals surface area contributed by atoms with Gasteiger partial charge in [0.05, 0.1) is 7.11 Å². The molecule has 0 aliphatic carbocycles. The predicted octanol–water partition coefficient (Wildman–Crippen LogP) is 4.28. The van der Waals surface area contributed by atoms with Crippen LogP contribution in [0, 0.1) is 6.92 Å². The van der Waals surface area contributed by atoms with Crippen molar-refractivity contribution in [2.45, 2.75) is 40.2 Å². The highest BCUT2D eigenvalue weighted by Crippen LogP contribution is 2.33. The number of methoxy groups -OCH3 is 1. The van der Waals surface area contributed by atoms with Crippen molar-refractivity contribution in [3.63, 3.8) is 0 Å². The van der Waals surface area contributed by atoms with Crippen LogP contribution in [-0.2, 0) is 17.8 Å². The average Bonchev–Trinajstić information content (AvgIpc) is 2.65. The van der Waals surface area contributed by atoms with Gasteiger partial charge in [-0.15, -0.1) is 0 Å². The number of amides is 1. The van der Waals surface area contributed by atoms with E-state index in [1.165, 1.54) is 12.7 Å². The highest BCUT2D eigenvalue weighted by atomic mass is 16.5. The van der Waals surface area contributed by atoms with Crippen LogP contribution in [0.4, 0.5) is 5.69 Å². The number of hydrogen-bond donors (Lipinski definition) is 1. The largest absolute Gasteiger partial charge is 0.494 e. The molecule has 2 aromatic rings. The fraction of sp³-hybridized carbons (Fsp3) is 0.350. The third kappa shape index (κ3) is 4.31. The summed E-state index contributed by atoms with van der Waals surface area (Å²) in [4.78, 5) is 11.9. The summed E-state index contributed by atoms with van der Waals surface area (Å²) < 4.78 is 11.2. The fourth-order valence-corrected chi connectivity index (χ4v) is 2.61. The molecule has 2 aromatic carbocycles. The minimum absolute atomic E-state index is 0.187. The maximum atomic E-state index is 11.9. The van der Waals surface area contributed by atoms with Crippen LogP contribution in [0.2, 0.25) is 0 Å². The summed E-state index contributed by atoms with van der Waals surface area (Å²) in [5.41, 5.74) is 3.29. The van der Waals surface area contributed by atoms with Gasteiger partial charge in [0, 0.05) is 12.0 Å². The van der Waals surface area contributed by atoms with E-state index in [0.717, 1.165) is 17.7 Å². The zero-order valence-corrected chi connectivity index (χ0v) is 15.2. The van der Waals surface area contributed by atoms with Crippen molar-refractivity contribution >= 4 is 11.6 Å². The second-order valence-corrected chi connectivity index (χ2v) is 5.77. The quantitative estimate of drug-likeness (QED) is 0.602. The Morgan fingerprint density at radius 3 is 2.52 bits per heavy atom. The number of para-hydroxylation sites is 1. The van der Waals surface area contributed by atoms with E-state index in [0.29, 0.717) is 22.1 Å². The second-order valence-electron chi connectivity index (χ2n) is 5.77. The van der Waals surface area contributed by atoms with Crippen LogP contribution in [0.1, 0.15) is 37.0 Å². The SMILES string of the molecule is CCC(=O)N(O)c1c(COc2ccc(CC)cc2C)cccc1OC. The van der Waals surface area contributed by atoms with Gasteiger partial charge in [0.15, 0.2) is 0 Å². The Bertz CT molecular complexity index is 742. The number of anilines is 1. The molecule has 5 heteroatoms. The fourth-order valence-electron chi connectivity index (χ4n) is 2.61. The molecule has 0 heterocycles. The number of aryl methyl sites for hydroxylation is 2. The van der Waals surface area contributed by atoms with Crippen molar-refractivity contribution in [3.05, 3.63) is 53.1 Å². The van der Waals surface area contributed by atoms with Gasteiger partial charge < -0.3 is 9.47 Å². The molecule has 2 rings (SSSR count). The van der Waals surface area contributed by atoms with E-state index >= 15 is 0 Å². The number of rotatable bonds is 7. The molecule has 0 saturated carbocycles. The van der Waals surface area contributed by atoms with Gasteiger partial charge in [0.1, 0.15) is 23.8 Å². The maximum Gasteiger partial charge on any atom is 0.250 e. The molecular formula is C20H25NO4. The Kier molecular flexibility index (Phi) is 6.42. The molecule has 0 radical (unpaired) electrons. The van der Waals surface area contributed by atoms with Crippen LogP contribution in [-0.4, -0.2) is 18.2 Å². The summed E-state index contributed by atoms with van der Waals surface area (Å²) in [5.74, 6) is 0.787. The van der Waals surface area contributed by atoms with Crippen LogP contribution in [0.25, 0.3) is 0 Å². The monoisotopic (exact) mass is 343 g/mol. The van der Waals surface area contributed by atoms with Crippen molar-refractivity contribution < 1.29 is 19.5 Å². The maximum absolute atomic E-state index is 11.9. The number of nitrogens with zero attached hydrogens (tertiary/aromatic N) is 1. The summed E-state index contributed by atoms with van der Waals surface area (Å²) in [7, 11) is 1.50. The third-order valence-corrected chi connectivity index (χ3v) is 4.08. The third-order valence-electron chi connectivity index (χ3n) is 4.08. The molecule has 0 aliphatic heterocycles. The van der Waals surface area contributed by atoms with Gasteiger partial charge in [0.25, 0.3) is 5.91 Å². The van der Waals surface area contributed by atoms with Gasteiger partial charge in [0.2, 0.25) is 0 Å². The van der Waals surface area contributed by atoms with E-state index < -0.39 is 5.91 Å². The zero-order chi connectivity index (χ0) is 18.4. The highest BCUT2D eigenvalue weighted by Gasteiger charge is 2.20. The van der Waals surface area contributed by atoms with Gasteiger partial charge >= 0.3 is 0 Å². The lowest BCUT2D eigenvalue weighted by molar-refractivity contribution is -0.123. The molecule has 0 unspecified atom stereocenters. The Balaban J connectivity index is 2.29.